The maximum Gasteiger partial charge on any atom is 0.132 e. The Bertz CT molecular complexity index is 588. The van der Waals surface area contributed by atoms with Gasteiger partial charge in [-0.25, -0.2) is 9.97 Å². The second kappa shape index (κ2) is 6.62. The van der Waals surface area contributed by atoms with Gasteiger partial charge < -0.3 is 9.80 Å². The fourth-order valence-corrected chi connectivity index (χ4v) is 3.48. The molecule has 23 heavy (non-hydrogen) atoms. The first-order valence-electron chi connectivity index (χ1n) is 8.51. The predicted molar refractivity (Wildman–Crippen MR) is 87.0 cm³/mol. The van der Waals surface area contributed by atoms with Crippen molar-refractivity contribution >= 4 is 5.82 Å². The average Bonchev–Trinajstić information content (AvgIpc) is 3.29. The number of anilines is 1. The zero-order valence-electron chi connectivity index (χ0n) is 13.3. The normalized spacial score (nSPS) is 19.8. The van der Waals surface area contributed by atoms with Crippen LogP contribution in [0, 0.1) is 0 Å². The van der Waals surface area contributed by atoms with Crippen LogP contribution >= 0.6 is 0 Å². The molecule has 0 amide bonds. The van der Waals surface area contributed by atoms with Crippen LogP contribution in [0.1, 0.15) is 25.7 Å². The molecule has 0 radical (unpaired) electrons. The topological polar surface area (TPSA) is 63.0 Å². The van der Waals surface area contributed by atoms with Crippen LogP contribution < -0.4 is 4.90 Å². The summed E-state index contributed by atoms with van der Waals surface area (Å²) < 4.78 is 1.91. The van der Waals surface area contributed by atoms with E-state index in [4.69, 9.17) is 0 Å². The van der Waals surface area contributed by atoms with Gasteiger partial charge in [0.15, 0.2) is 0 Å². The van der Waals surface area contributed by atoms with Crippen LogP contribution in [0.2, 0.25) is 0 Å². The van der Waals surface area contributed by atoms with E-state index in [1.807, 2.05) is 17.1 Å². The van der Waals surface area contributed by atoms with Crippen molar-refractivity contribution in [1.29, 1.82) is 0 Å². The summed E-state index contributed by atoms with van der Waals surface area (Å²) in [6.45, 7) is 4.26. The summed E-state index contributed by atoms with van der Waals surface area (Å²) in [5.74, 6) is 1.10. The fourth-order valence-electron chi connectivity index (χ4n) is 3.48. The van der Waals surface area contributed by atoms with Crippen LogP contribution in [0.15, 0.2) is 31.0 Å². The molecule has 1 aliphatic carbocycles. The predicted octanol–water partition coefficient (Wildman–Crippen LogP) is 1.20. The number of rotatable bonds is 6. The molecule has 2 aliphatic rings. The second-order valence-electron chi connectivity index (χ2n) is 6.44. The number of hydrogen-bond donors (Lipinski definition) is 0. The minimum atomic E-state index is 0.611. The van der Waals surface area contributed by atoms with Crippen molar-refractivity contribution in [2.24, 2.45) is 0 Å². The molecule has 1 aliphatic heterocycles. The molecule has 2 aromatic heterocycles. The molecule has 0 atom stereocenters. The van der Waals surface area contributed by atoms with E-state index >= 15 is 0 Å². The van der Waals surface area contributed by atoms with Gasteiger partial charge in [0.1, 0.15) is 12.1 Å². The third kappa shape index (κ3) is 3.50. The Morgan fingerprint density at radius 3 is 2.52 bits per heavy atom. The molecule has 0 spiro atoms. The van der Waals surface area contributed by atoms with E-state index in [1.165, 1.54) is 25.7 Å². The molecule has 2 aromatic rings. The summed E-state index contributed by atoms with van der Waals surface area (Å²) in [6.07, 6.45) is 12.2. The lowest BCUT2D eigenvalue weighted by Gasteiger charge is -2.39. The minimum Gasteiger partial charge on any atom is -0.350 e. The molecule has 2 fully saturated rings. The van der Waals surface area contributed by atoms with Crippen LogP contribution in [0.4, 0.5) is 5.82 Å². The number of piperidine rings is 1. The highest BCUT2D eigenvalue weighted by Gasteiger charge is 2.36. The highest BCUT2D eigenvalue weighted by molar-refractivity contribution is 5.41. The van der Waals surface area contributed by atoms with Crippen LogP contribution in [-0.4, -0.2) is 61.6 Å². The van der Waals surface area contributed by atoms with E-state index in [1.54, 1.807) is 12.5 Å². The van der Waals surface area contributed by atoms with Crippen molar-refractivity contribution in [1.82, 2.24) is 29.9 Å². The van der Waals surface area contributed by atoms with E-state index in [0.717, 1.165) is 32.0 Å². The van der Waals surface area contributed by atoms with Gasteiger partial charge in [-0.3, -0.25) is 4.68 Å². The monoisotopic (exact) mass is 313 g/mol. The van der Waals surface area contributed by atoms with Gasteiger partial charge in [-0.05, 0) is 31.7 Å². The van der Waals surface area contributed by atoms with Gasteiger partial charge in [0.05, 0.1) is 12.7 Å². The number of likely N-dealkylation sites (tertiary alicyclic amines) is 1. The summed E-state index contributed by atoms with van der Waals surface area (Å²) in [4.78, 5) is 13.6. The van der Waals surface area contributed by atoms with Crippen molar-refractivity contribution in [3.05, 3.63) is 31.0 Å². The molecule has 7 heteroatoms. The molecule has 0 N–H and O–H groups in total. The maximum absolute atomic E-state index is 4.49. The quantitative estimate of drug-likeness (QED) is 0.798. The third-order valence-corrected chi connectivity index (χ3v) is 4.84. The van der Waals surface area contributed by atoms with Crippen molar-refractivity contribution in [2.75, 3.05) is 24.5 Å². The van der Waals surface area contributed by atoms with Crippen LogP contribution in [-0.2, 0) is 6.54 Å². The number of nitrogens with zero attached hydrogens (tertiary/aromatic N) is 7. The molecular formula is C16H23N7. The zero-order chi connectivity index (χ0) is 15.5. The van der Waals surface area contributed by atoms with E-state index in [0.29, 0.717) is 12.1 Å². The van der Waals surface area contributed by atoms with E-state index < -0.39 is 0 Å². The fraction of sp³-hybridized carbons (Fsp3) is 0.625. The van der Waals surface area contributed by atoms with Crippen molar-refractivity contribution in [2.45, 2.75) is 44.3 Å². The minimum absolute atomic E-state index is 0.611. The number of aromatic nitrogens is 5. The first-order chi connectivity index (χ1) is 11.4. The van der Waals surface area contributed by atoms with Crippen LogP contribution in [0.25, 0.3) is 0 Å². The Kier molecular flexibility index (Phi) is 4.19. The Balaban J connectivity index is 1.33. The summed E-state index contributed by atoms with van der Waals surface area (Å²) in [7, 11) is 0. The lowest BCUT2D eigenvalue weighted by molar-refractivity contribution is 0.198. The molecule has 122 valence electrons. The molecule has 4 rings (SSSR count). The van der Waals surface area contributed by atoms with Crippen molar-refractivity contribution in [3.8, 4) is 0 Å². The summed E-state index contributed by atoms with van der Waals surface area (Å²) in [5, 5.41) is 7.89. The van der Waals surface area contributed by atoms with Crippen LogP contribution in [0.3, 0.4) is 0 Å². The largest absolute Gasteiger partial charge is 0.350 e. The van der Waals surface area contributed by atoms with E-state index in [9.17, 15) is 0 Å². The molecular weight excluding hydrogens is 290 g/mol. The molecule has 1 saturated carbocycles. The Morgan fingerprint density at radius 2 is 1.87 bits per heavy atom. The smallest absolute Gasteiger partial charge is 0.132 e. The van der Waals surface area contributed by atoms with Gasteiger partial charge in [-0.15, -0.1) is 5.10 Å². The van der Waals surface area contributed by atoms with Crippen molar-refractivity contribution < 1.29 is 0 Å². The maximum atomic E-state index is 4.49. The standard InChI is InChI=1S/C16H23N7/c1-2-14(1)23(16-3-6-17-13-18-16)15-4-8-21(9-5-15)11-12-22-10-7-19-20-22/h3,6-7,10,13-15H,1-2,4-5,8-9,11-12H2. The van der Waals surface area contributed by atoms with Gasteiger partial charge in [0.25, 0.3) is 0 Å². The van der Waals surface area contributed by atoms with Gasteiger partial charge >= 0.3 is 0 Å². The van der Waals surface area contributed by atoms with E-state index in [-0.39, 0.29) is 0 Å². The first-order valence-corrected chi connectivity index (χ1v) is 8.51. The second-order valence-corrected chi connectivity index (χ2v) is 6.44. The molecule has 0 bridgehead atoms. The highest BCUT2D eigenvalue weighted by Crippen LogP contribution is 2.34. The van der Waals surface area contributed by atoms with E-state index in [2.05, 4.69) is 36.1 Å². The molecule has 0 unspecified atom stereocenters. The Labute approximate surface area is 136 Å². The van der Waals surface area contributed by atoms with Gasteiger partial charge in [0.2, 0.25) is 0 Å². The molecule has 0 aromatic carbocycles. The lowest BCUT2D eigenvalue weighted by Crippen LogP contribution is -2.47. The SMILES string of the molecule is c1cc(N(C2CC2)C2CCN(CCn3ccnn3)CC2)ncn1. The molecule has 1 saturated heterocycles. The summed E-state index contributed by atoms with van der Waals surface area (Å²) in [6, 6.07) is 3.35. The summed E-state index contributed by atoms with van der Waals surface area (Å²) >= 11 is 0. The third-order valence-electron chi connectivity index (χ3n) is 4.84. The van der Waals surface area contributed by atoms with Crippen LogP contribution in [0.5, 0.6) is 0 Å². The zero-order valence-corrected chi connectivity index (χ0v) is 13.3. The molecule has 7 nitrogen and oxygen atoms in total. The highest BCUT2D eigenvalue weighted by atomic mass is 15.4. The first kappa shape index (κ1) is 14.6. The Morgan fingerprint density at radius 1 is 1.04 bits per heavy atom. The van der Waals surface area contributed by atoms with Gasteiger partial charge in [-0.2, -0.15) is 0 Å². The summed E-state index contributed by atoms with van der Waals surface area (Å²) in [5.41, 5.74) is 0. The Hall–Kier alpha value is -2.02. The van der Waals surface area contributed by atoms with Crippen molar-refractivity contribution in [3.63, 3.8) is 0 Å². The lowest BCUT2D eigenvalue weighted by atomic mass is 10.0. The number of hydrogen-bond acceptors (Lipinski definition) is 6. The molecule has 3 heterocycles. The average molecular weight is 313 g/mol. The van der Waals surface area contributed by atoms with Gasteiger partial charge in [-0.1, -0.05) is 5.21 Å². The van der Waals surface area contributed by atoms with Gasteiger partial charge in [0, 0.05) is 44.1 Å².